The predicted octanol–water partition coefficient (Wildman–Crippen LogP) is 20.4. The summed E-state index contributed by atoms with van der Waals surface area (Å²) in [6.07, 6.45) is 9.51. The summed E-state index contributed by atoms with van der Waals surface area (Å²) in [6, 6.07) is 0. The molecule has 0 aromatic heterocycles. The summed E-state index contributed by atoms with van der Waals surface area (Å²) in [5, 5.41) is 9.11. The van der Waals surface area contributed by atoms with Gasteiger partial charge in [-0.15, -0.1) is 0 Å². The molecule has 0 aliphatic heterocycles. The molecule has 0 aromatic carbocycles. The molecule has 1 aliphatic carbocycles. The second kappa shape index (κ2) is 89.5. The van der Waals surface area contributed by atoms with Crippen LogP contribution in [-0.2, 0) is 23.8 Å². The molecule has 0 spiro atoms. The number of rotatable bonds is 13. The highest BCUT2D eigenvalue weighted by Crippen LogP contribution is 2.37. The van der Waals surface area contributed by atoms with E-state index in [1.165, 1.54) is 32.3 Å². The summed E-state index contributed by atoms with van der Waals surface area (Å²) in [7, 11) is 2.89. The quantitative estimate of drug-likeness (QED) is 0.147. The lowest BCUT2D eigenvalue weighted by Gasteiger charge is -2.35. The van der Waals surface area contributed by atoms with Gasteiger partial charge in [0, 0.05) is 25.4 Å². The number of aliphatic hydroxyl groups is 1. The van der Waals surface area contributed by atoms with Crippen molar-refractivity contribution in [2.45, 2.75) is 257 Å². The molecule has 0 saturated carbocycles. The molecule has 1 unspecified atom stereocenters. The smallest absolute Gasteiger partial charge is 0.303 e. The van der Waals surface area contributed by atoms with Crippen LogP contribution in [0.1, 0.15) is 251 Å². The van der Waals surface area contributed by atoms with Gasteiger partial charge in [-0.3, -0.25) is 9.59 Å². The van der Waals surface area contributed by atoms with Gasteiger partial charge < -0.3 is 19.3 Å². The van der Waals surface area contributed by atoms with Crippen LogP contribution >= 0.6 is 0 Å². The van der Waals surface area contributed by atoms with Gasteiger partial charge in [0.15, 0.2) is 11.9 Å². The van der Waals surface area contributed by atoms with E-state index < -0.39 is 12.1 Å². The molecule has 0 fully saturated rings. The number of esters is 1. The van der Waals surface area contributed by atoms with Crippen molar-refractivity contribution in [3.05, 3.63) is 34.8 Å². The first kappa shape index (κ1) is 169. The van der Waals surface area contributed by atoms with Crippen LogP contribution < -0.4 is 0 Å². The number of methoxy groups -OCH3 is 2. The van der Waals surface area contributed by atoms with E-state index in [0.717, 1.165) is 32.1 Å². The highest BCUT2D eigenvalue weighted by Gasteiger charge is 2.44. The van der Waals surface area contributed by atoms with Gasteiger partial charge in [0.05, 0.1) is 14.2 Å². The molecule has 1 aliphatic rings. The Morgan fingerprint density at radius 1 is 0.643 bits per heavy atom. The van der Waals surface area contributed by atoms with Crippen LogP contribution in [0.2, 0.25) is 0 Å². The number of aliphatic hydroxyl groups excluding tert-OH is 1. The van der Waals surface area contributed by atoms with E-state index in [2.05, 4.69) is 32.9 Å². The number of allylic oxidation sites excluding steroid dienone is 5. The number of carbonyl (C=O) groups excluding carboxylic acids is 2. The molecule has 1 rings (SSSR count). The molecule has 56 heavy (non-hydrogen) atoms. The lowest BCUT2D eigenvalue weighted by atomic mass is 9.77. The monoisotopic (exact) mass is 835 g/mol. The summed E-state index contributed by atoms with van der Waals surface area (Å²) >= 11 is 0. The van der Waals surface area contributed by atoms with Crippen LogP contribution in [0.4, 0.5) is 0 Å². The van der Waals surface area contributed by atoms with Crippen LogP contribution in [0.3, 0.4) is 0 Å². The fourth-order valence-corrected chi connectivity index (χ4v) is 4.07. The Morgan fingerprint density at radius 3 is 1.34 bits per heavy atom. The van der Waals surface area contributed by atoms with Crippen molar-refractivity contribution in [2.24, 2.45) is 17.8 Å². The fourth-order valence-electron chi connectivity index (χ4n) is 4.07. The Kier molecular flexibility index (Phi) is 270. The molecule has 0 aromatic rings. The number of carbonyl (C=O) groups is 2. The fraction of sp³-hybridized carbons (Fsp3) is 0.840. The Balaban J connectivity index is -0.0000000194. The lowest BCUT2D eigenvalue weighted by molar-refractivity contribution is -0.153. The zero-order valence-corrected chi connectivity index (χ0v) is 20.9. The van der Waals surface area contributed by atoms with Crippen LogP contribution in [0.25, 0.3) is 0 Å². The highest BCUT2D eigenvalue weighted by atomic mass is 16.6. The molecule has 1 N–H and O–H groups in total. The standard InChI is InChI=1S/C26H42O6.24CH4/c1-17(11-9-13-19(3)16-27)10-8-12-18(2)14-15-22-20(4)23(29)25(30-6)26(31-7)24(22)32-21(5)28;;;;;;;;;;;;;;;;;;;;;;;;/h10,14,19-20,22,24,27H,8-9,11-13,15-16H2,1-7H3;24*1H4/b17-10+,18-14+;;;;;;;;;;;;;;;;;;;;;;;;/t19?,20-,22-,24-;;;;;;;;;;;;;;;;;;;;;;;;/m1......................../s1. The second-order valence-electron chi connectivity index (χ2n) is 9.00. The first-order chi connectivity index (χ1) is 15.2. The van der Waals surface area contributed by atoms with E-state index in [9.17, 15) is 9.59 Å². The number of ketones is 1. The minimum Gasteiger partial charge on any atom is -0.493 e. The van der Waals surface area contributed by atoms with Crippen LogP contribution in [-0.4, -0.2) is 43.8 Å². The van der Waals surface area contributed by atoms with E-state index in [0.29, 0.717) is 12.3 Å². The molecule has 0 bridgehead atoms. The van der Waals surface area contributed by atoms with Crippen LogP contribution in [0.5, 0.6) is 0 Å². The zero-order chi connectivity index (χ0) is 24.3. The maximum Gasteiger partial charge on any atom is 0.303 e. The van der Waals surface area contributed by atoms with Crippen molar-refractivity contribution < 1.29 is 28.9 Å². The molecule has 4 atom stereocenters. The van der Waals surface area contributed by atoms with Gasteiger partial charge in [0.25, 0.3) is 0 Å². The minimum absolute atomic E-state index is 0. The number of hydrogen-bond acceptors (Lipinski definition) is 6. The largest absolute Gasteiger partial charge is 0.493 e. The molecule has 6 nitrogen and oxygen atoms in total. The molecule has 0 radical (unpaired) electrons. The molecular formula is C50H138O6. The number of hydrogen-bond donors (Lipinski definition) is 1. The molecule has 0 saturated heterocycles. The summed E-state index contributed by atoms with van der Waals surface area (Å²) in [5.74, 6) is -0.305. The van der Waals surface area contributed by atoms with Gasteiger partial charge in [0.1, 0.15) is 0 Å². The molecular weight excluding hydrogens is 697 g/mol. The van der Waals surface area contributed by atoms with E-state index in [1.54, 1.807) is 0 Å². The molecule has 0 amide bonds. The van der Waals surface area contributed by atoms with Gasteiger partial charge in [0.2, 0.25) is 11.5 Å². The Morgan fingerprint density at radius 2 is 1.02 bits per heavy atom. The van der Waals surface area contributed by atoms with Crippen molar-refractivity contribution in [3.63, 3.8) is 0 Å². The number of Topliss-reactive ketones (excluding diaryl/α,β-unsaturated/α-hetero) is 1. The Labute approximate surface area is 370 Å². The minimum atomic E-state index is -0.646. The third kappa shape index (κ3) is 56.3. The average Bonchev–Trinajstić information content (AvgIpc) is 2.75. The number of ether oxygens (including phenoxy) is 3. The van der Waals surface area contributed by atoms with Crippen molar-refractivity contribution in [2.75, 3.05) is 20.8 Å². The third-order valence-electron chi connectivity index (χ3n) is 6.22. The van der Waals surface area contributed by atoms with Gasteiger partial charge in [-0.2, -0.15) is 0 Å². The summed E-state index contributed by atoms with van der Waals surface area (Å²) in [5.41, 5.74) is 2.62. The normalized spacial score (nSPS) is 13.3. The Bertz CT molecular complexity index is 723. The average molecular weight is 836 g/mol. The van der Waals surface area contributed by atoms with E-state index in [-0.39, 0.29) is 214 Å². The van der Waals surface area contributed by atoms with Crippen molar-refractivity contribution in [1.29, 1.82) is 0 Å². The van der Waals surface area contributed by atoms with Crippen LogP contribution in [0, 0.1) is 17.8 Å². The second-order valence-corrected chi connectivity index (χ2v) is 9.00. The maximum atomic E-state index is 12.8. The van der Waals surface area contributed by atoms with Crippen molar-refractivity contribution in [3.8, 4) is 0 Å². The summed E-state index contributed by atoms with van der Waals surface area (Å²) in [4.78, 5) is 24.5. The SMILES string of the molecule is C.C.C.C.C.C.C.C.C.C.C.C.C.C.C.C.C.C.C.C.C.C.C.C.COC1=C(OC)[C@H](OC(C)=O)[C@H](C/C=C(\C)CC/C=C(\C)CCCC(C)CO)[C@@H](C)C1=O. The van der Waals surface area contributed by atoms with Gasteiger partial charge >= 0.3 is 5.97 Å². The third-order valence-corrected chi connectivity index (χ3v) is 6.22. The first-order valence-corrected chi connectivity index (χ1v) is 11.6. The van der Waals surface area contributed by atoms with E-state index >= 15 is 0 Å². The van der Waals surface area contributed by atoms with Gasteiger partial charge in [-0.25, -0.2) is 0 Å². The highest BCUT2D eigenvalue weighted by molar-refractivity contribution is 5.97. The summed E-state index contributed by atoms with van der Waals surface area (Å²) in [6.45, 7) is 9.79. The molecule has 374 valence electrons. The van der Waals surface area contributed by atoms with Gasteiger partial charge in [-0.05, 0) is 58.3 Å². The molecule has 0 heterocycles. The zero-order valence-electron chi connectivity index (χ0n) is 20.9. The van der Waals surface area contributed by atoms with Crippen molar-refractivity contribution in [1.82, 2.24) is 0 Å². The lowest BCUT2D eigenvalue weighted by Crippen LogP contribution is -2.42. The predicted molar refractivity (Wildman–Crippen MR) is 287 cm³/mol. The van der Waals surface area contributed by atoms with E-state index in [4.69, 9.17) is 19.3 Å². The summed E-state index contributed by atoms with van der Waals surface area (Å²) < 4.78 is 16.2. The van der Waals surface area contributed by atoms with Crippen LogP contribution in [0.15, 0.2) is 34.8 Å². The van der Waals surface area contributed by atoms with Crippen molar-refractivity contribution >= 4 is 11.8 Å². The Hall–Kier alpha value is -2.08. The topological polar surface area (TPSA) is 82.1 Å². The first-order valence-electron chi connectivity index (χ1n) is 11.6. The van der Waals surface area contributed by atoms with E-state index in [1.807, 2.05) is 6.92 Å². The molecule has 6 heteroatoms. The maximum absolute atomic E-state index is 12.8. The van der Waals surface area contributed by atoms with Gasteiger partial charge in [-0.1, -0.05) is 215 Å².